The Balaban J connectivity index is 2.64. The molecule has 0 amide bonds. The molecule has 1 unspecified atom stereocenters. The first-order valence-electron chi connectivity index (χ1n) is 7.77. The Kier molecular flexibility index (Phi) is 7.06. The minimum atomic E-state index is -0.312. The number of benzene rings is 1. The lowest BCUT2D eigenvalue weighted by Crippen LogP contribution is -2.17. The average molecular weight is 292 g/mol. The lowest BCUT2D eigenvalue weighted by Gasteiger charge is -2.18. The summed E-state index contributed by atoms with van der Waals surface area (Å²) in [6.45, 7) is 8.78. The lowest BCUT2D eigenvalue weighted by atomic mass is 10.0. The second-order valence-electron chi connectivity index (χ2n) is 5.89. The number of anilines is 2. The van der Waals surface area contributed by atoms with E-state index in [2.05, 4.69) is 26.1 Å². The molecule has 1 aromatic rings. The third kappa shape index (κ3) is 6.06. The molecule has 0 saturated heterocycles. The normalized spacial score (nSPS) is 12.2. The van der Waals surface area contributed by atoms with E-state index in [0.29, 0.717) is 23.9 Å². The van der Waals surface area contributed by atoms with Gasteiger partial charge in [-0.15, -0.1) is 0 Å². The first kappa shape index (κ1) is 17.3. The maximum atomic E-state index is 11.8. The monoisotopic (exact) mass is 292 g/mol. The molecule has 0 spiro atoms. The number of nitrogens with two attached hydrogens (primary N) is 1. The molecule has 1 aromatic carbocycles. The van der Waals surface area contributed by atoms with Crippen molar-refractivity contribution in [2.45, 2.75) is 53.0 Å². The Bertz CT molecular complexity index is 458. The zero-order valence-electron chi connectivity index (χ0n) is 13.6. The third-order valence-electron chi connectivity index (χ3n) is 3.38. The van der Waals surface area contributed by atoms with Crippen molar-refractivity contribution in [3.63, 3.8) is 0 Å². The van der Waals surface area contributed by atoms with Crippen molar-refractivity contribution in [3.8, 4) is 0 Å². The highest BCUT2D eigenvalue weighted by atomic mass is 16.5. The molecule has 0 aliphatic heterocycles. The lowest BCUT2D eigenvalue weighted by molar-refractivity contribution is 0.0526. The predicted molar refractivity (Wildman–Crippen MR) is 88.6 cm³/mol. The molecule has 118 valence electrons. The van der Waals surface area contributed by atoms with Gasteiger partial charge in [0.2, 0.25) is 0 Å². The van der Waals surface area contributed by atoms with Crippen LogP contribution in [-0.4, -0.2) is 18.6 Å². The molecule has 21 heavy (non-hydrogen) atoms. The maximum absolute atomic E-state index is 11.8. The largest absolute Gasteiger partial charge is 0.462 e. The van der Waals surface area contributed by atoms with Crippen molar-refractivity contribution in [3.05, 3.63) is 23.8 Å². The molecular formula is C17H28N2O2. The van der Waals surface area contributed by atoms with Crippen molar-refractivity contribution < 1.29 is 9.53 Å². The summed E-state index contributed by atoms with van der Waals surface area (Å²) < 4.78 is 5.01. The smallest absolute Gasteiger partial charge is 0.338 e. The van der Waals surface area contributed by atoms with E-state index in [-0.39, 0.29) is 5.97 Å². The summed E-state index contributed by atoms with van der Waals surface area (Å²) in [6, 6.07) is 5.53. The fraction of sp³-hybridized carbons (Fsp3) is 0.588. The number of esters is 1. The van der Waals surface area contributed by atoms with Gasteiger partial charge >= 0.3 is 5.97 Å². The van der Waals surface area contributed by atoms with Gasteiger partial charge in [0.15, 0.2) is 0 Å². The fourth-order valence-corrected chi connectivity index (χ4v) is 2.19. The fourth-order valence-electron chi connectivity index (χ4n) is 2.19. The second kappa shape index (κ2) is 8.55. The number of hydrogen-bond acceptors (Lipinski definition) is 4. The van der Waals surface area contributed by atoms with E-state index in [1.165, 1.54) is 12.8 Å². The van der Waals surface area contributed by atoms with Gasteiger partial charge in [-0.05, 0) is 44.4 Å². The molecule has 0 heterocycles. The Morgan fingerprint density at radius 3 is 2.62 bits per heavy atom. The minimum Gasteiger partial charge on any atom is -0.462 e. The van der Waals surface area contributed by atoms with Crippen molar-refractivity contribution in [1.82, 2.24) is 0 Å². The molecule has 0 fully saturated rings. The van der Waals surface area contributed by atoms with Crippen molar-refractivity contribution in [2.75, 3.05) is 17.7 Å². The van der Waals surface area contributed by atoms with Crippen molar-refractivity contribution >= 4 is 17.3 Å². The van der Waals surface area contributed by atoms with Gasteiger partial charge in [0.05, 0.1) is 23.5 Å². The summed E-state index contributed by atoms with van der Waals surface area (Å²) in [5, 5.41) is 3.39. The summed E-state index contributed by atoms with van der Waals surface area (Å²) in [4.78, 5) is 11.8. The Hall–Kier alpha value is -1.71. The molecule has 0 aliphatic rings. The molecule has 0 aromatic heterocycles. The second-order valence-corrected chi connectivity index (χ2v) is 5.89. The molecule has 4 heteroatoms. The van der Waals surface area contributed by atoms with Gasteiger partial charge in [-0.3, -0.25) is 0 Å². The van der Waals surface area contributed by atoms with E-state index in [0.717, 1.165) is 18.0 Å². The molecule has 0 saturated carbocycles. The zero-order valence-corrected chi connectivity index (χ0v) is 13.6. The average Bonchev–Trinajstić information content (AvgIpc) is 2.41. The summed E-state index contributed by atoms with van der Waals surface area (Å²) >= 11 is 0. The van der Waals surface area contributed by atoms with E-state index in [1.807, 2.05) is 0 Å². The van der Waals surface area contributed by atoms with Crippen LogP contribution in [0.1, 0.15) is 57.3 Å². The van der Waals surface area contributed by atoms with E-state index >= 15 is 0 Å². The number of rotatable bonds is 8. The number of ether oxygens (including phenoxy) is 1. The van der Waals surface area contributed by atoms with Gasteiger partial charge in [-0.1, -0.05) is 26.7 Å². The number of nitrogens with one attached hydrogen (secondary N) is 1. The van der Waals surface area contributed by atoms with Crippen LogP contribution in [0.3, 0.4) is 0 Å². The van der Waals surface area contributed by atoms with Crippen LogP contribution in [0, 0.1) is 5.92 Å². The summed E-state index contributed by atoms with van der Waals surface area (Å²) in [7, 11) is 0. The van der Waals surface area contributed by atoms with Crippen LogP contribution >= 0.6 is 0 Å². The third-order valence-corrected chi connectivity index (χ3v) is 3.38. The summed E-state index contributed by atoms with van der Waals surface area (Å²) in [5.41, 5.74) is 7.96. The number of nitrogen functional groups attached to an aromatic ring is 1. The van der Waals surface area contributed by atoms with Gasteiger partial charge < -0.3 is 15.8 Å². The summed E-state index contributed by atoms with van der Waals surface area (Å²) in [6.07, 6.45) is 3.49. The Morgan fingerprint density at radius 1 is 1.29 bits per heavy atom. The molecule has 0 radical (unpaired) electrons. The van der Waals surface area contributed by atoms with Gasteiger partial charge in [-0.25, -0.2) is 4.79 Å². The van der Waals surface area contributed by atoms with Gasteiger partial charge in [0, 0.05) is 6.04 Å². The number of carbonyl (C=O) groups excluding carboxylic acids is 1. The molecule has 0 aliphatic carbocycles. The Morgan fingerprint density at radius 2 is 2.00 bits per heavy atom. The highest BCUT2D eigenvalue weighted by molar-refractivity contribution is 5.92. The van der Waals surface area contributed by atoms with Crippen LogP contribution in [-0.2, 0) is 4.74 Å². The minimum absolute atomic E-state index is 0.312. The summed E-state index contributed by atoms with van der Waals surface area (Å²) in [5.74, 6) is 0.419. The van der Waals surface area contributed by atoms with Gasteiger partial charge in [0.1, 0.15) is 0 Å². The molecule has 3 N–H and O–H groups in total. The molecular weight excluding hydrogens is 264 g/mol. The maximum Gasteiger partial charge on any atom is 0.338 e. The highest BCUT2D eigenvalue weighted by Crippen LogP contribution is 2.22. The number of hydrogen-bond donors (Lipinski definition) is 2. The van der Waals surface area contributed by atoms with Crippen LogP contribution in [0.4, 0.5) is 11.4 Å². The highest BCUT2D eigenvalue weighted by Gasteiger charge is 2.11. The topological polar surface area (TPSA) is 64.3 Å². The quantitative estimate of drug-likeness (QED) is 0.560. The molecule has 0 bridgehead atoms. The van der Waals surface area contributed by atoms with Gasteiger partial charge in [0.25, 0.3) is 0 Å². The predicted octanol–water partition coefficient (Wildman–Crippen LogP) is 4.07. The first-order chi connectivity index (χ1) is 9.93. The first-order valence-corrected chi connectivity index (χ1v) is 7.77. The SMILES string of the molecule is CCOC(=O)c1ccc(N)c(NC(C)CCCC(C)C)c1. The van der Waals surface area contributed by atoms with Crippen LogP contribution < -0.4 is 11.1 Å². The van der Waals surface area contributed by atoms with Crippen LogP contribution in [0.2, 0.25) is 0 Å². The molecule has 1 atom stereocenters. The van der Waals surface area contributed by atoms with E-state index in [9.17, 15) is 4.79 Å². The van der Waals surface area contributed by atoms with E-state index in [1.54, 1.807) is 25.1 Å². The van der Waals surface area contributed by atoms with Crippen LogP contribution in [0.25, 0.3) is 0 Å². The zero-order chi connectivity index (χ0) is 15.8. The molecule has 1 rings (SSSR count). The van der Waals surface area contributed by atoms with E-state index < -0.39 is 0 Å². The Labute approximate surface area is 128 Å². The van der Waals surface area contributed by atoms with E-state index in [4.69, 9.17) is 10.5 Å². The van der Waals surface area contributed by atoms with Crippen LogP contribution in [0.15, 0.2) is 18.2 Å². The van der Waals surface area contributed by atoms with Gasteiger partial charge in [-0.2, -0.15) is 0 Å². The standard InChI is InChI=1S/C17H28N2O2/c1-5-21-17(20)14-9-10-15(18)16(11-14)19-13(4)8-6-7-12(2)3/h9-13,19H,5-8,18H2,1-4H3. The molecule has 4 nitrogen and oxygen atoms in total. The van der Waals surface area contributed by atoms with Crippen LogP contribution in [0.5, 0.6) is 0 Å². The number of carbonyl (C=O) groups is 1. The van der Waals surface area contributed by atoms with Crippen molar-refractivity contribution in [1.29, 1.82) is 0 Å². The van der Waals surface area contributed by atoms with Crippen molar-refractivity contribution in [2.24, 2.45) is 5.92 Å².